The van der Waals surface area contributed by atoms with Crippen LogP contribution in [0.15, 0.2) is 12.4 Å². The Hall–Kier alpha value is -1.41. The smallest absolute Gasteiger partial charge is 0.339 e. The van der Waals surface area contributed by atoms with Crippen LogP contribution in [-0.2, 0) is 6.18 Å². The first-order valence-corrected chi connectivity index (χ1v) is 8.59. The summed E-state index contributed by atoms with van der Waals surface area (Å²) < 4.78 is 37.8. The van der Waals surface area contributed by atoms with Gasteiger partial charge in [0.1, 0.15) is 0 Å². The molecule has 2 fully saturated rings. The molecule has 1 aliphatic carbocycles. The molecule has 3 rings (SSSR count). The molecule has 3 atom stereocenters. The first-order valence-electron chi connectivity index (χ1n) is 8.59. The zero-order valence-electron chi connectivity index (χ0n) is 13.6. The highest BCUT2D eigenvalue weighted by molar-refractivity contribution is 5.31. The highest BCUT2D eigenvalue weighted by atomic mass is 19.4. The minimum Gasteiger partial charge on any atom is -0.339 e. The minimum atomic E-state index is -4.40. The van der Waals surface area contributed by atoms with E-state index in [4.69, 9.17) is 5.73 Å². The maximum absolute atomic E-state index is 12.6. The predicted molar refractivity (Wildman–Crippen MR) is 85.6 cm³/mol. The van der Waals surface area contributed by atoms with Crippen LogP contribution in [0.25, 0.3) is 0 Å². The second kappa shape index (κ2) is 7.23. The summed E-state index contributed by atoms with van der Waals surface area (Å²) in [6.45, 7) is 1.47. The summed E-state index contributed by atoms with van der Waals surface area (Å²) in [6.07, 6.45) is 3.85. The van der Waals surface area contributed by atoms with Crippen molar-refractivity contribution in [2.75, 3.05) is 18.0 Å². The molecule has 0 spiro atoms. The molecule has 2 aliphatic rings. The molecular weight excluding hydrogens is 319 g/mol. The molecule has 2 heterocycles. The van der Waals surface area contributed by atoms with Gasteiger partial charge in [-0.3, -0.25) is 0 Å². The highest BCUT2D eigenvalue weighted by Crippen LogP contribution is 2.28. The van der Waals surface area contributed by atoms with Gasteiger partial charge in [0.15, 0.2) is 0 Å². The summed E-state index contributed by atoms with van der Waals surface area (Å²) in [5.74, 6) is 0.363. The van der Waals surface area contributed by atoms with Crippen LogP contribution in [0.3, 0.4) is 0 Å². The molecule has 3 N–H and O–H groups in total. The van der Waals surface area contributed by atoms with Gasteiger partial charge in [0.2, 0.25) is 5.95 Å². The Labute approximate surface area is 139 Å². The van der Waals surface area contributed by atoms with Gasteiger partial charge in [-0.05, 0) is 25.7 Å². The van der Waals surface area contributed by atoms with Crippen LogP contribution >= 0.6 is 0 Å². The first kappa shape index (κ1) is 17.4. The van der Waals surface area contributed by atoms with E-state index in [2.05, 4.69) is 15.3 Å². The molecule has 8 heteroatoms. The van der Waals surface area contributed by atoms with Crippen molar-refractivity contribution < 1.29 is 13.2 Å². The van der Waals surface area contributed by atoms with Gasteiger partial charge in [-0.2, -0.15) is 13.2 Å². The maximum Gasteiger partial charge on any atom is 0.419 e. The van der Waals surface area contributed by atoms with Crippen molar-refractivity contribution >= 4 is 5.95 Å². The molecular formula is C16H24F3N5. The molecule has 1 unspecified atom stereocenters. The van der Waals surface area contributed by atoms with Crippen LogP contribution in [0, 0.1) is 0 Å². The summed E-state index contributed by atoms with van der Waals surface area (Å²) in [7, 11) is 0. The fourth-order valence-corrected chi connectivity index (χ4v) is 3.59. The third kappa shape index (κ3) is 4.16. The Morgan fingerprint density at radius 1 is 1.08 bits per heavy atom. The number of anilines is 1. The fraction of sp³-hybridized carbons (Fsp3) is 0.750. The normalized spacial score (nSPS) is 28.8. The lowest BCUT2D eigenvalue weighted by atomic mass is 9.90. The number of hydrogen-bond donors (Lipinski definition) is 2. The number of nitrogens with zero attached hydrogens (tertiary/aromatic N) is 3. The third-order valence-corrected chi connectivity index (χ3v) is 4.94. The Morgan fingerprint density at radius 2 is 1.79 bits per heavy atom. The summed E-state index contributed by atoms with van der Waals surface area (Å²) in [6, 6.07) is 0.799. The van der Waals surface area contributed by atoms with E-state index in [0.29, 0.717) is 18.5 Å². The Morgan fingerprint density at radius 3 is 2.46 bits per heavy atom. The van der Waals surface area contributed by atoms with Crippen LogP contribution in [0.1, 0.15) is 44.1 Å². The minimum absolute atomic E-state index is 0.191. The second-order valence-corrected chi connectivity index (χ2v) is 6.78. The predicted octanol–water partition coefficient (Wildman–Crippen LogP) is 2.32. The molecule has 1 aromatic heterocycles. The number of halogens is 3. The number of aromatic nitrogens is 2. The fourth-order valence-electron chi connectivity index (χ4n) is 3.59. The Kier molecular flexibility index (Phi) is 5.24. The number of piperidine rings is 1. The van der Waals surface area contributed by atoms with Crippen molar-refractivity contribution in [3.8, 4) is 0 Å². The van der Waals surface area contributed by atoms with Gasteiger partial charge in [-0.1, -0.05) is 12.8 Å². The molecule has 0 bridgehead atoms. The average Bonchev–Trinajstić information content (AvgIpc) is 2.57. The SMILES string of the molecule is N[C@@H]1CCCC[C@H]1NC1CCCN(c2ncc(C(F)(F)F)cn2)C1. The summed E-state index contributed by atoms with van der Waals surface area (Å²) >= 11 is 0. The van der Waals surface area contributed by atoms with Gasteiger partial charge < -0.3 is 16.0 Å². The van der Waals surface area contributed by atoms with Crippen LogP contribution < -0.4 is 16.0 Å². The molecule has 0 amide bonds. The number of rotatable bonds is 3. The van der Waals surface area contributed by atoms with Gasteiger partial charge in [-0.25, -0.2) is 9.97 Å². The van der Waals surface area contributed by atoms with E-state index in [9.17, 15) is 13.2 Å². The van der Waals surface area contributed by atoms with E-state index in [1.54, 1.807) is 0 Å². The second-order valence-electron chi connectivity index (χ2n) is 6.78. The molecule has 1 aliphatic heterocycles. The van der Waals surface area contributed by atoms with Gasteiger partial charge in [-0.15, -0.1) is 0 Å². The van der Waals surface area contributed by atoms with Crippen molar-refractivity contribution in [1.82, 2.24) is 15.3 Å². The first-order chi connectivity index (χ1) is 11.4. The van der Waals surface area contributed by atoms with Crippen LogP contribution in [-0.4, -0.2) is 41.2 Å². The lowest BCUT2D eigenvalue weighted by Crippen LogP contribution is -2.55. The molecule has 24 heavy (non-hydrogen) atoms. The van der Waals surface area contributed by atoms with Gasteiger partial charge >= 0.3 is 6.18 Å². The monoisotopic (exact) mass is 343 g/mol. The largest absolute Gasteiger partial charge is 0.419 e. The van der Waals surface area contributed by atoms with Crippen molar-refractivity contribution in [2.24, 2.45) is 5.73 Å². The zero-order valence-corrected chi connectivity index (χ0v) is 13.6. The third-order valence-electron chi connectivity index (χ3n) is 4.94. The molecule has 0 aromatic carbocycles. The van der Waals surface area contributed by atoms with E-state index in [1.807, 2.05) is 4.90 Å². The quantitative estimate of drug-likeness (QED) is 0.882. The topological polar surface area (TPSA) is 67.1 Å². The number of nitrogens with two attached hydrogens (primary N) is 1. The maximum atomic E-state index is 12.6. The summed E-state index contributed by atoms with van der Waals surface area (Å²) in [4.78, 5) is 9.77. The molecule has 1 aromatic rings. The van der Waals surface area contributed by atoms with Gasteiger partial charge in [0, 0.05) is 43.6 Å². The zero-order chi connectivity index (χ0) is 17.2. The van der Waals surface area contributed by atoms with Gasteiger partial charge in [0.25, 0.3) is 0 Å². The van der Waals surface area contributed by atoms with Gasteiger partial charge in [0.05, 0.1) is 5.56 Å². The van der Waals surface area contributed by atoms with Crippen LogP contribution in [0.2, 0.25) is 0 Å². The van der Waals surface area contributed by atoms with E-state index in [0.717, 1.165) is 44.6 Å². The number of alkyl halides is 3. The van der Waals surface area contributed by atoms with Crippen molar-refractivity contribution in [2.45, 2.75) is 62.8 Å². The molecule has 134 valence electrons. The summed E-state index contributed by atoms with van der Waals surface area (Å²) in [5.41, 5.74) is 5.38. The number of nitrogens with one attached hydrogen (secondary N) is 1. The standard InChI is InChI=1S/C16H24F3N5/c17-16(18,19)11-8-21-15(22-9-11)24-7-3-4-12(10-24)23-14-6-2-1-5-13(14)20/h8-9,12-14,23H,1-7,10,20H2/t12?,13-,14-/m1/s1. The average molecular weight is 343 g/mol. The van der Waals surface area contributed by atoms with Crippen LogP contribution in [0.4, 0.5) is 19.1 Å². The lowest BCUT2D eigenvalue weighted by molar-refractivity contribution is -0.138. The van der Waals surface area contributed by atoms with E-state index in [-0.39, 0.29) is 12.1 Å². The number of hydrogen-bond acceptors (Lipinski definition) is 5. The van der Waals surface area contributed by atoms with E-state index in [1.165, 1.54) is 12.8 Å². The molecule has 1 saturated heterocycles. The van der Waals surface area contributed by atoms with Crippen LogP contribution in [0.5, 0.6) is 0 Å². The van der Waals surface area contributed by atoms with E-state index < -0.39 is 11.7 Å². The van der Waals surface area contributed by atoms with E-state index >= 15 is 0 Å². The summed E-state index contributed by atoms with van der Waals surface area (Å²) in [5, 5.41) is 3.64. The Balaban J connectivity index is 1.60. The highest BCUT2D eigenvalue weighted by Gasteiger charge is 2.32. The molecule has 1 saturated carbocycles. The van der Waals surface area contributed by atoms with Crippen molar-refractivity contribution in [3.63, 3.8) is 0 Å². The molecule has 5 nitrogen and oxygen atoms in total. The van der Waals surface area contributed by atoms with Crippen molar-refractivity contribution in [3.05, 3.63) is 18.0 Å². The Bertz CT molecular complexity index is 534. The lowest BCUT2D eigenvalue weighted by Gasteiger charge is -2.38. The van der Waals surface area contributed by atoms with Crippen molar-refractivity contribution in [1.29, 1.82) is 0 Å². The molecule has 0 radical (unpaired) electrons.